The molecule has 0 saturated heterocycles. The summed E-state index contributed by atoms with van der Waals surface area (Å²) in [6.07, 6.45) is 4.09. The van der Waals surface area contributed by atoms with Gasteiger partial charge in [-0.15, -0.1) is 0 Å². The number of nitro groups is 1. The lowest BCUT2D eigenvalue weighted by atomic mass is 10.2. The summed E-state index contributed by atoms with van der Waals surface area (Å²) in [5, 5.41) is 22.6. The van der Waals surface area contributed by atoms with Crippen molar-refractivity contribution in [3.05, 3.63) is 52.0 Å². The number of aromatic nitrogens is 2. The van der Waals surface area contributed by atoms with E-state index < -0.39 is 22.1 Å². The third kappa shape index (κ3) is 2.69. The lowest BCUT2D eigenvalue weighted by Gasteiger charge is -2.08. The molecule has 2 rings (SSSR count). The molecule has 2 N–H and O–H groups in total. The van der Waals surface area contributed by atoms with E-state index >= 15 is 0 Å². The van der Waals surface area contributed by atoms with Crippen molar-refractivity contribution < 1.29 is 14.8 Å². The van der Waals surface area contributed by atoms with Crippen LogP contribution < -0.4 is 5.32 Å². The molecule has 0 spiro atoms. The molecule has 0 radical (unpaired) electrons. The van der Waals surface area contributed by atoms with Gasteiger partial charge in [-0.2, -0.15) is 0 Å². The molecular formula is C12H10N4O4. The largest absolute Gasteiger partial charge is 0.477 e. The summed E-state index contributed by atoms with van der Waals surface area (Å²) in [6, 6.07) is 2.89. The number of carbonyl (C=O) groups is 1. The highest BCUT2D eigenvalue weighted by molar-refractivity contribution is 5.93. The van der Waals surface area contributed by atoms with Crippen molar-refractivity contribution in [2.75, 3.05) is 5.32 Å². The maximum atomic E-state index is 11.0. The van der Waals surface area contributed by atoms with E-state index in [0.717, 1.165) is 17.8 Å². The number of nitrogens with one attached hydrogen (secondary N) is 1. The number of aromatic carboxylic acids is 1. The average Bonchev–Trinajstić information content (AvgIpc) is 2.41. The van der Waals surface area contributed by atoms with Gasteiger partial charge in [0.1, 0.15) is 17.6 Å². The van der Waals surface area contributed by atoms with E-state index in [-0.39, 0.29) is 5.82 Å². The summed E-state index contributed by atoms with van der Waals surface area (Å²) < 4.78 is 0. The predicted octanol–water partition coefficient (Wildman–Crippen LogP) is 2.14. The lowest BCUT2D eigenvalue weighted by Crippen LogP contribution is -2.05. The van der Waals surface area contributed by atoms with Gasteiger partial charge in [0, 0.05) is 12.3 Å². The van der Waals surface area contributed by atoms with Gasteiger partial charge in [-0.1, -0.05) is 0 Å². The highest BCUT2D eigenvalue weighted by Crippen LogP contribution is 2.23. The van der Waals surface area contributed by atoms with E-state index in [9.17, 15) is 14.9 Å². The van der Waals surface area contributed by atoms with Crippen LogP contribution in [-0.4, -0.2) is 26.0 Å². The molecule has 0 aliphatic rings. The lowest BCUT2D eigenvalue weighted by molar-refractivity contribution is -0.385. The number of rotatable bonds is 4. The Balaban J connectivity index is 2.40. The van der Waals surface area contributed by atoms with Gasteiger partial charge in [-0.25, -0.2) is 9.78 Å². The van der Waals surface area contributed by atoms with E-state index in [2.05, 4.69) is 15.3 Å². The number of anilines is 2. The van der Waals surface area contributed by atoms with Crippen LogP contribution in [0.4, 0.5) is 17.2 Å². The molecular weight excluding hydrogens is 264 g/mol. The Hall–Kier alpha value is -3.03. The van der Waals surface area contributed by atoms with Crippen molar-refractivity contribution in [3.63, 3.8) is 0 Å². The molecule has 102 valence electrons. The van der Waals surface area contributed by atoms with Crippen LogP contribution in [0.1, 0.15) is 15.9 Å². The first-order valence-corrected chi connectivity index (χ1v) is 5.54. The third-order valence-electron chi connectivity index (χ3n) is 2.61. The molecule has 0 aliphatic heterocycles. The average molecular weight is 274 g/mol. The summed E-state index contributed by atoms with van der Waals surface area (Å²) in [5.74, 6) is -1.19. The van der Waals surface area contributed by atoms with Crippen LogP contribution in [-0.2, 0) is 0 Å². The van der Waals surface area contributed by atoms with Crippen LogP contribution >= 0.6 is 0 Å². The fourth-order valence-electron chi connectivity index (χ4n) is 1.57. The smallest absolute Gasteiger partial charge is 0.342 e. The first kappa shape index (κ1) is 13.4. The number of hydrogen-bond acceptors (Lipinski definition) is 6. The van der Waals surface area contributed by atoms with Gasteiger partial charge in [0.05, 0.1) is 16.8 Å². The maximum absolute atomic E-state index is 11.0. The van der Waals surface area contributed by atoms with Gasteiger partial charge in [0.2, 0.25) is 0 Å². The Morgan fingerprint density at radius 3 is 2.80 bits per heavy atom. The number of carboxylic acid groups (broad SMARTS) is 1. The number of pyridine rings is 2. The van der Waals surface area contributed by atoms with Crippen LogP contribution in [0.3, 0.4) is 0 Å². The Morgan fingerprint density at radius 1 is 1.45 bits per heavy atom. The summed E-state index contributed by atoms with van der Waals surface area (Å²) >= 11 is 0. The maximum Gasteiger partial charge on any atom is 0.342 e. The van der Waals surface area contributed by atoms with Crippen molar-refractivity contribution in [1.29, 1.82) is 0 Å². The number of carboxylic acids is 1. The quantitative estimate of drug-likeness (QED) is 0.647. The second-order valence-corrected chi connectivity index (χ2v) is 3.96. The van der Waals surface area contributed by atoms with Crippen molar-refractivity contribution in [3.8, 4) is 0 Å². The molecule has 20 heavy (non-hydrogen) atoms. The Labute approximate surface area is 113 Å². The number of nitrogens with zero attached hydrogens (tertiary/aromatic N) is 3. The standard InChI is InChI=1S/C12H10N4O4/c1-7-2-3-13-5-9(7)15-11-4-8(12(17)18)10(6-14-11)16(19)20/h2-6H,1H3,(H,14,15)(H,17,18). The minimum Gasteiger partial charge on any atom is -0.477 e. The van der Waals surface area contributed by atoms with Crippen LogP contribution in [0, 0.1) is 17.0 Å². The molecule has 0 atom stereocenters. The summed E-state index contributed by atoms with van der Waals surface area (Å²) in [5.41, 5.74) is 0.558. The van der Waals surface area contributed by atoms with Gasteiger partial charge in [-0.05, 0) is 18.6 Å². The Kier molecular flexibility index (Phi) is 3.56. The van der Waals surface area contributed by atoms with Crippen LogP contribution in [0.25, 0.3) is 0 Å². The molecule has 8 heteroatoms. The molecule has 0 unspecified atom stereocenters. The highest BCUT2D eigenvalue weighted by atomic mass is 16.6. The minimum atomic E-state index is -1.38. The van der Waals surface area contributed by atoms with Gasteiger partial charge in [-0.3, -0.25) is 15.1 Å². The highest BCUT2D eigenvalue weighted by Gasteiger charge is 2.21. The molecule has 0 bridgehead atoms. The zero-order valence-corrected chi connectivity index (χ0v) is 10.4. The first-order valence-electron chi connectivity index (χ1n) is 5.54. The van der Waals surface area contributed by atoms with Crippen LogP contribution in [0.2, 0.25) is 0 Å². The summed E-state index contributed by atoms with van der Waals surface area (Å²) in [6.45, 7) is 1.84. The topological polar surface area (TPSA) is 118 Å². The normalized spacial score (nSPS) is 10.1. The fourth-order valence-corrected chi connectivity index (χ4v) is 1.57. The first-order chi connectivity index (χ1) is 9.49. The number of hydrogen-bond donors (Lipinski definition) is 2. The molecule has 0 aliphatic carbocycles. The van der Waals surface area contributed by atoms with Crippen molar-refractivity contribution >= 4 is 23.2 Å². The van der Waals surface area contributed by atoms with Crippen molar-refractivity contribution in [2.24, 2.45) is 0 Å². The Bertz CT molecular complexity index is 687. The second-order valence-electron chi connectivity index (χ2n) is 3.96. The molecule has 2 aromatic heterocycles. The zero-order valence-electron chi connectivity index (χ0n) is 10.4. The van der Waals surface area contributed by atoms with E-state index in [4.69, 9.17) is 5.11 Å². The van der Waals surface area contributed by atoms with Gasteiger partial charge >= 0.3 is 11.7 Å². The molecule has 2 heterocycles. The van der Waals surface area contributed by atoms with Crippen LogP contribution in [0.5, 0.6) is 0 Å². The monoisotopic (exact) mass is 274 g/mol. The molecule has 0 amide bonds. The SMILES string of the molecule is Cc1ccncc1Nc1cc(C(=O)O)c([N+](=O)[O-])cn1. The van der Waals surface area contributed by atoms with E-state index in [1.165, 1.54) is 0 Å². The molecule has 0 aromatic carbocycles. The summed E-state index contributed by atoms with van der Waals surface area (Å²) in [4.78, 5) is 28.7. The molecule has 8 nitrogen and oxygen atoms in total. The van der Waals surface area contributed by atoms with Gasteiger partial charge in [0.25, 0.3) is 0 Å². The van der Waals surface area contributed by atoms with Crippen molar-refractivity contribution in [1.82, 2.24) is 9.97 Å². The molecule has 2 aromatic rings. The molecule has 0 saturated carbocycles. The Morgan fingerprint density at radius 2 is 2.20 bits per heavy atom. The van der Waals surface area contributed by atoms with E-state index in [1.54, 1.807) is 18.5 Å². The summed E-state index contributed by atoms with van der Waals surface area (Å²) in [7, 11) is 0. The predicted molar refractivity (Wildman–Crippen MR) is 70.1 cm³/mol. The van der Waals surface area contributed by atoms with Gasteiger partial charge in [0.15, 0.2) is 0 Å². The fraction of sp³-hybridized carbons (Fsp3) is 0.0833. The zero-order chi connectivity index (χ0) is 14.7. The number of aryl methyl sites for hydroxylation is 1. The van der Waals surface area contributed by atoms with Crippen LogP contribution in [0.15, 0.2) is 30.7 Å². The van der Waals surface area contributed by atoms with Crippen molar-refractivity contribution in [2.45, 2.75) is 6.92 Å². The minimum absolute atomic E-state index is 0.198. The third-order valence-corrected chi connectivity index (χ3v) is 2.61. The molecule has 0 fully saturated rings. The van der Waals surface area contributed by atoms with E-state index in [1.807, 2.05) is 6.92 Å². The second kappa shape index (κ2) is 5.31. The van der Waals surface area contributed by atoms with E-state index in [0.29, 0.717) is 5.69 Å². The van der Waals surface area contributed by atoms with Gasteiger partial charge < -0.3 is 10.4 Å².